The molecule has 1 heterocycles. The number of benzene rings is 1. The normalized spacial score (nSPS) is 19.3. The molecule has 0 saturated carbocycles. The van der Waals surface area contributed by atoms with Crippen LogP contribution in [0, 0.1) is 0 Å². The van der Waals surface area contributed by atoms with Crippen LogP contribution in [-0.2, 0) is 4.74 Å². The van der Waals surface area contributed by atoms with E-state index < -0.39 is 0 Å². The van der Waals surface area contributed by atoms with E-state index in [1.165, 1.54) is 0 Å². The van der Waals surface area contributed by atoms with E-state index in [2.05, 4.69) is 21.2 Å². The molecule has 3 N–H and O–H groups in total. The molecule has 1 saturated heterocycles. The highest BCUT2D eigenvalue weighted by atomic mass is 79.9. The zero-order chi connectivity index (χ0) is 12.3. The maximum absolute atomic E-state index is 6.00. The molecule has 0 bridgehead atoms. The molecular weight excluding hydrogens is 284 g/mol. The summed E-state index contributed by atoms with van der Waals surface area (Å²) in [6.07, 6.45) is 2.54. The highest BCUT2D eigenvalue weighted by Crippen LogP contribution is 2.33. The molecule has 5 heteroatoms. The average molecular weight is 301 g/mol. The zero-order valence-corrected chi connectivity index (χ0v) is 11.4. The van der Waals surface area contributed by atoms with Gasteiger partial charge in [0, 0.05) is 17.6 Å². The van der Waals surface area contributed by atoms with Gasteiger partial charge in [0.25, 0.3) is 0 Å². The van der Waals surface area contributed by atoms with E-state index in [9.17, 15) is 0 Å². The van der Waals surface area contributed by atoms with Gasteiger partial charge in [0.15, 0.2) is 0 Å². The van der Waals surface area contributed by atoms with Gasteiger partial charge in [-0.15, -0.1) is 0 Å². The number of nitrogens with one attached hydrogen (secondary N) is 1. The van der Waals surface area contributed by atoms with E-state index in [1.807, 2.05) is 12.1 Å². The van der Waals surface area contributed by atoms with Gasteiger partial charge in [-0.05, 0) is 25.0 Å². The Morgan fingerprint density at radius 1 is 1.59 bits per heavy atom. The first-order chi connectivity index (χ1) is 8.20. The Balaban J connectivity index is 2.06. The SMILES string of the molecule is COc1cc(Br)cc(NC[C@@H]2CCCO2)c1N. The first kappa shape index (κ1) is 12.5. The third-order valence-corrected chi connectivity index (χ3v) is 3.33. The number of nitrogens with two attached hydrogens (primary N) is 1. The summed E-state index contributed by atoms with van der Waals surface area (Å²) < 4.78 is 11.7. The second-order valence-corrected chi connectivity index (χ2v) is 5.00. The van der Waals surface area contributed by atoms with Gasteiger partial charge >= 0.3 is 0 Å². The Labute approximate surface area is 110 Å². The van der Waals surface area contributed by atoms with Crippen molar-refractivity contribution in [2.45, 2.75) is 18.9 Å². The van der Waals surface area contributed by atoms with Crippen LogP contribution in [0.25, 0.3) is 0 Å². The molecule has 2 rings (SSSR count). The minimum atomic E-state index is 0.291. The van der Waals surface area contributed by atoms with Crippen molar-refractivity contribution < 1.29 is 9.47 Å². The van der Waals surface area contributed by atoms with Gasteiger partial charge in [-0.2, -0.15) is 0 Å². The number of rotatable bonds is 4. The molecule has 1 aromatic rings. The summed E-state index contributed by atoms with van der Waals surface area (Å²) in [4.78, 5) is 0. The smallest absolute Gasteiger partial charge is 0.145 e. The quantitative estimate of drug-likeness (QED) is 0.839. The lowest BCUT2D eigenvalue weighted by Gasteiger charge is -2.15. The van der Waals surface area contributed by atoms with E-state index >= 15 is 0 Å². The van der Waals surface area contributed by atoms with E-state index in [1.54, 1.807) is 7.11 Å². The molecule has 0 unspecified atom stereocenters. The Kier molecular flexibility index (Phi) is 4.12. The lowest BCUT2D eigenvalue weighted by molar-refractivity contribution is 0.120. The first-order valence-electron chi connectivity index (χ1n) is 5.69. The van der Waals surface area contributed by atoms with Gasteiger partial charge in [-0.25, -0.2) is 0 Å². The summed E-state index contributed by atoms with van der Waals surface area (Å²) >= 11 is 3.43. The van der Waals surface area contributed by atoms with Gasteiger partial charge in [0.2, 0.25) is 0 Å². The second kappa shape index (κ2) is 5.60. The van der Waals surface area contributed by atoms with Crippen molar-refractivity contribution in [3.8, 4) is 5.75 Å². The van der Waals surface area contributed by atoms with E-state index in [0.717, 1.165) is 36.2 Å². The molecule has 1 aliphatic heterocycles. The third-order valence-electron chi connectivity index (χ3n) is 2.87. The van der Waals surface area contributed by atoms with Crippen LogP contribution in [0.5, 0.6) is 5.75 Å². The molecule has 17 heavy (non-hydrogen) atoms. The Bertz CT molecular complexity index is 392. The summed E-state index contributed by atoms with van der Waals surface area (Å²) in [5.41, 5.74) is 7.51. The Hall–Kier alpha value is -0.940. The minimum absolute atomic E-state index is 0.291. The predicted octanol–water partition coefficient (Wildman–Crippen LogP) is 2.63. The monoisotopic (exact) mass is 300 g/mol. The van der Waals surface area contributed by atoms with Crippen molar-refractivity contribution in [2.24, 2.45) is 0 Å². The van der Waals surface area contributed by atoms with Gasteiger partial charge in [-0.1, -0.05) is 15.9 Å². The van der Waals surface area contributed by atoms with E-state index in [4.69, 9.17) is 15.2 Å². The molecule has 0 aliphatic carbocycles. The van der Waals surface area contributed by atoms with Crippen molar-refractivity contribution in [2.75, 3.05) is 31.3 Å². The van der Waals surface area contributed by atoms with Gasteiger partial charge < -0.3 is 20.5 Å². The molecule has 1 aromatic carbocycles. The van der Waals surface area contributed by atoms with Crippen LogP contribution in [0.15, 0.2) is 16.6 Å². The fraction of sp³-hybridized carbons (Fsp3) is 0.500. The van der Waals surface area contributed by atoms with Crippen LogP contribution in [-0.4, -0.2) is 26.4 Å². The number of hydrogen-bond donors (Lipinski definition) is 2. The number of methoxy groups -OCH3 is 1. The maximum atomic E-state index is 6.00. The number of ether oxygens (including phenoxy) is 2. The van der Waals surface area contributed by atoms with Crippen LogP contribution in [0.4, 0.5) is 11.4 Å². The van der Waals surface area contributed by atoms with Crippen molar-refractivity contribution in [3.05, 3.63) is 16.6 Å². The molecule has 4 nitrogen and oxygen atoms in total. The standard InChI is InChI=1S/C12H17BrN2O2/c1-16-11-6-8(13)5-10(12(11)14)15-7-9-3-2-4-17-9/h5-6,9,15H,2-4,7,14H2,1H3/t9-/m0/s1. The van der Waals surface area contributed by atoms with Crippen LogP contribution < -0.4 is 15.8 Å². The number of anilines is 2. The molecule has 1 aliphatic rings. The summed E-state index contributed by atoms with van der Waals surface area (Å²) in [6, 6.07) is 3.80. The second-order valence-electron chi connectivity index (χ2n) is 4.09. The highest BCUT2D eigenvalue weighted by molar-refractivity contribution is 9.10. The number of nitrogen functional groups attached to an aromatic ring is 1. The minimum Gasteiger partial charge on any atom is -0.494 e. The summed E-state index contributed by atoms with van der Waals surface area (Å²) in [5.74, 6) is 0.675. The molecule has 1 atom stereocenters. The molecule has 1 fully saturated rings. The summed E-state index contributed by atoms with van der Waals surface area (Å²) in [6.45, 7) is 1.65. The van der Waals surface area contributed by atoms with Crippen LogP contribution >= 0.6 is 15.9 Å². The van der Waals surface area contributed by atoms with Crippen molar-refractivity contribution in [1.82, 2.24) is 0 Å². The molecule has 0 amide bonds. The zero-order valence-electron chi connectivity index (χ0n) is 9.83. The fourth-order valence-corrected chi connectivity index (χ4v) is 2.37. The van der Waals surface area contributed by atoms with E-state index in [0.29, 0.717) is 17.5 Å². The fourth-order valence-electron chi connectivity index (χ4n) is 1.94. The predicted molar refractivity (Wildman–Crippen MR) is 72.6 cm³/mol. The number of halogens is 1. The Morgan fingerprint density at radius 3 is 3.06 bits per heavy atom. The van der Waals surface area contributed by atoms with Gasteiger partial charge in [0.1, 0.15) is 5.75 Å². The van der Waals surface area contributed by atoms with Crippen LogP contribution in [0.2, 0.25) is 0 Å². The van der Waals surface area contributed by atoms with Crippen LogP contribution in [0.3, 0.4) is 0 Å². The van der Waals surface area contributed by atoms with Crippen LogP contribution in [0.1, 0.15) is 12.8 Å². The van der Waals surface area contributed by atoms with E-state index in [-0.39, 0.29) is 0 Å². The highest BCUT2D eigenvalue weighted by Gasteiger charge is 2.16. The Morgan fingerprint density at radius 2 is 2.41 bits per heavy atom. The third kappa shape index (κ3) is 3.04. The van der Waals surface area contributed by atoms with Gasteiger partial charge in [-0.3, -0.25) is 0 Å². The summed E-state index contributed by atoms with van der Waals surface area (Å²) in [5, 5.41) is 3.31. The molecule has 0 radical (unpaired) electrons. The lowest BCUT2D eigenvalue weighted by Crippen LogP contribution is -2.19. The van der Waals surface area contributed by atoms with Crippen molar-refractivity contribution in [3.63, 3.8) is 0 Å². The molecular formula is C12H17BrN2O2. The summed E-state index contributed by atoms with van der Waals surface area (Å²) in [7, 11) is 1.61. The molecule has 94 valence electrons. The van der Waals surface area contributed by atoms with Gasteiger partial charge in [0.05, 0.1) is 24.6 Å². The molecule has 0 spiro atoms. The topological polar surface area (TPSA) is 56.5 Å². The average Bonchev–Trinajstić information content (AvgIpc) is 2.82. The first-order valence-corrected chi connectivity index (χ1v) is 6.48. The number of hydrogen-bond acceptors (Lipinski definition) is 4. The largest absolute Gasteiger partial charge is 0.494 e. The van der Waals surface area contributed by atoms with Crippen molar-refractivity contribution in [1.29, 1.82) is 0 Å². The molecule has 0 aromatic heterocycles. The van der Waals surface area contributed by atoms with Crippen molar-refractivity contribution >= 4 is 27.3 Å². The lowest BCUT2D eigenvalue weighted by atomic mass is 10.2. The maximum Gasteiger partial charge on any atom is 0.145 e.